The molecule has 102 valence electrons. The first-order chi connectivity index (χ1) is 9.69. The number of benzene rings is 1. The molecule has 0 saturated carbocycles. The van der Waals surface area contributed by atoms with E-state index in [1.54, 1.807) is 6.07 Å². The summed E-state index contributed by atoms with van der Waals surface area (Å²) in [5.41, 5.74) is 1.18. The van der Waals surface area contributed by atoms with E-state index < -0.39 is 0 Å². The molecule has 0 aliphatic heterocycles. The van der Waals surface area contributed by atoms with Crippen LogP contribution in [-0.2, 0) is 6.42 Å². The quantitative estimate of drug-likeness (QED) is 0.689. The molecule has 0 aliphatic rings. The summed E-state index contributed by atoms with van der Waals surface area (Å²) in [4.78, 5) is 12.9. The summed E-state index contributed by atoms with van der Waals surface area (Å²) >= 11 is 1.06. The van der Waals surface area contributed by atoms with Gasteiger partial charge in [0.1, 0.15) is 16.3 Å². The van der Waals surface area contributed by atoms with Crippen molar-refractivity contribution in [3.05, 3.63) is 46.4 Å². The van der Waals surface area contributed by atoms with E-state index in [4.69, 9.17) is 4.42 Å². The number of carbonyl (C=O) groups excluding carboxylic acids is 1. The Balaban J connectivity index is 2.01. The van der Waals surface area contributed by atoms with Crippen molar-refractivity contribution in [2.45, 2.75) is 19.8 Å². The molecule has 3 rings (SSSR count). The Morgan fingerprint density at radius 2 is 2.25 bits per heavy atom. The Bertz CT molecular complexity index is 778. The van der Waals surface area contributed by atoms with E-state index in [2.05, 4.69) is 9.59 Å². The number of rotatable bonds is 4. The van der Waals surface area contributed by atoms with Gasteiger partial charge in [-0.3, -0.25) is 4.79 Å². The van der Waals surface area contributed by atoms with Crippen LogP contribution in [-0.4, -0.2) is 15.4 Å². The van der Waals surface area contributed by atoms with E-state index in [1.165, 1.54) is 18.2 Å². The molecule has 0 bridgehead atoms. The lowest BCUT2D eigenvalue weighted by Crippen LogP contribution is -2.01. The van der Waals surface area contributed by atoms with Gasteiger partial charge in [-0.05, 0) is 42.2 Å². The summed E-state index contributed by atoms with van der Waals surface area (Å²) in [5.74, 6) is -0.419. The number of fused-ring (bicyclic) bond motifs is 1. The molecule has 0 unspecified atom stereocenters. The predicted octanol–water partition coefficient (Wildman–Crippen LogP) is 3.61. The molecule has 0 fully saturated rings. The molecule has 0 saturated heterocycles. The van der Waals surface area contributed by atoms with Crippen LogP contribution in [0.5, 0.6) is 0 Å². The zero-order valence-electron chi connectivity index (χ0n) is 10.7. The van der Waals surface area contributed by atoms with Gasteiger partial charge < -0.3 is 4.42 Å². The lowest BCUT2D eigenvalue weighted by molar-refractivity contribution is 0.101. The van der Waals surface area contributed by atoms with Crippen LogP contribution in [0.4, 0.5) is 4.39 Å². The molecule has 1 aromatic carbocycles. The highest BCUT2D eigenvalue weighted by Gasteiger charge is 2.21. The summed E-state index contributed by atoms with van der Waals surface area (Å²) in [6, 6.07) is 5.71. The molecule has 2 heterocycles. The summed E-state index contributed by atoms with van der Waals surface area (Å²) in [7, 11) is 0. The molecule has 2 aromatic heterocycles. The predicted molar refractivity (Wildman–Crippen MR) is 73.5 cm³/mol. The fourth-order valence-corrected chi connectivity index (χ4v) is 2.67. The molecule has 6 heteroatoms. The zero-order valence-corrected chi connectivity index (χ0v) is 11.5. The first-order valence-electron chi connectivity index (χ1n) is 6.24. The van der Waals surface area contributed by atoms with E-state index in [0.29, 0.717) is 28.0 Å². The number of halogens is 1. The highest BCUT2D eigenvalue weighted by atomic mass is 32.1. The highest BCUT2D eigenvalue weighted by Crippen LogP contribution is 2.24. The molecule has 0 atom stereocenters. The molecule has 0 radical (unpaired) electrons. The standard InChI is InChI=1S/C14H11FN2O2S/c1-2-3-10-14(20-17-16-10)13(18)12-7-8-6-9(15)4-5-11(8)19-12/h4-7H,2-3H2,1H3. The molecule has 0 aliphatic carbocycles. The monoisotopic (exact) mass is 290 g/mol. The Labute approximate surface area is 118 Å². The summed E-state index contributed by atoms with van der Waals surface area (Å²) in [5, 5.41) is 4.54. The van der Waals surface area contributed by atoms with Crippen LogP contribution in [0.25, 0.3) is 11.0 Å². The Morgan fingerprint density at radius 3 is 3.05 bits per heavy atom. The maximum absolute atomic E-state index is 13.1. The van der Waals surface area contributed by atoms with Gasteiger partial charge >= 0.3 is 0 Å². The topological polar surface area (TPSA) is 56.0 Å². The van der Waals surface area contributed by atoms with E-state index in [0.717, 1.165) is 18.0 Å². The van der Waals surface area contributed by atoms with Gasteiger partial charge in [-0.15, -0.1) is 5.10 Å². The maximum atomic E-state index is 13.1. The van der Waals surface area contributed by atoms with Gasteiger partial charge in [-0.2, -0.15) is 0 Å². The van der Waals surface area contributed by atoms with Crippen molar-refractivity contribution >= 4 is 28.3 Å². The third-order valence-electron chi connectivity index (χ3n) is 2.95. The number of carbonyl (C=O) groups is 1. The Morgan fingerprint density at radius 1 is 1.40 bits per heavy atom. The Hall–Kier alpha value is -2.08. The fraction of sp³-hybridized carbons (Fsp3) is 0.214. The lowest BCUT2D eigenvalue weighted by Gasteiger charge is -1.95. The SMILES string of the molecule is CCCc1nnsc1C(=O)c1cc2cc(F)ccc2o1. The molecular formula is C14H11FN2O2S. The van der Waals surface area contributed by atoms with Gasteiger partial charge in [0.2, 0.25) is 5.78 Å². The van der Waals surface area contributed by atoms with E-state index >= 15 is 0 Å². The number of hydrogen-bond acceptors (Lipinski definition) is 5. The van der Waals surface area contributed by atoms with Crippen molar-refractivity contribution in [2.24, 2.45) is 0 Å². The van der Waals surface area contributed by atoms with Crippen LogP contribution >= 0.6 is 11.5 Å². The van der Waals surface area contributed by atoms with Crippen LogP contribution in [0, 0.1) is 5.82 Å². The molecule has 4 nitrogen and oxygen atoms in total. The smallest absolute Gasteiger partial charge is 0.241 e. The van der Waals surface area contributed by atoms with E-state index in [1.807, 2.05) is 6.92 Å². The molecule has 3 aromatic rings. The van der Waals surface area contributed by atoms with E-state index in [9.17, 15) is 9.18 Å². The molecular weight excluding hydrogens is 279 g/mol. The number of hydrogen-bond donors (Lipinski definition) is 0. The Kier molecular flexibility index (Phi) is 3.31. The number of aromatic nitrogens is 2. The molecule has 0 N–H and O–H groups in total. The first kappa shape index (κ1) is 12.9. The van der Waals surface area contributed by atoms with Gasteiger partial charge in [0.05, 0.1) is 5.69 Å². The normalized spacial score (nSPS) is 11.1. The molecule has 0 amide bonds. The summed E-state index contributed by atoms with van der Waals surface area (Å²) in [6.07, 6.45) is 1.59. The van der Waals surface area contributed by atoms with Crippen molar-refractivity contribution < 1.29 is 13.6 Å². The minimum Gasteiger partial charge on any atom is -0.453 e. The van der Waals surface area contributed by atoms with Gasteiger partial charge in [-0.1, -0.05) is 17.8 Å². The number of nitrogens with zero attached hydrogens (tertiary/aromatic N) is 2. The van der Waals surface area contributed by atoms with Crippen molar-refractivity contribution in [1.29, 1.82) is 0 Å². The van der Waals surface area contributed by atoms with Gasteiger partial charge in [0, 0.05) is 5.39 Å². The van der Waals surface area contributed by atoms with Crippen LogP contribution in [0.3, 0.4) is 0 Å². The second-order valence-electron chi connectivity index (χ2n) is 4.42. The van der Waals surface area contributed by atoms with Crippen LogP contribution in [0.15, 0.2) is 28.7 Å². The largest absolute Gasteiger partial charge is 0.453 e. The van der Waals surface area contributed by atoms with Gasteiger partial charge in [0.25, 0.3) is 0 Å². The average molecular weight is 290 g/mol. The van der Waals surface area contributed by atoms with Crippen molar-refractivity contribution in [3.63, 3.8) is 0 Å². The zero-order chi connectivity index (χ0) is 14.1. The third-order valence-corrected chi connectivity index (χ3v) is 3.72. The summed E-state index contributed by atoms with van der Waals surface area (Å²) in [6.45, 7) is 2.01. The molecule has 20 heavy (non-hydrogen) atoms. The van der Waals surface area contributed by atoms with Crippen LogP contribution < -0.4 is 0 Å². The highest BCUT2D eigenvalue weighted by molar-refractivity contribution is 7.08. The second-order valence-corrected chi connectivity index (χ2v) is 5.17. The third kappa shape index (κ3) is 2.22. The fourth-order valence-electron chi connectivity index (χ4n) is 2.02. The second kappa shape index (κ2) is 5.13. The number of aryl methyl sites for hydroxylation is 1. The van der Waals surface area contributed by atoms with E-state index in [-0.39, 0.29) is 17.4 Å². The number of ketones is 1. The first-order valence-corrected chi connectivity index (χ1v) is 7.01. The van der Waals surface area contributed by atoms with Crippen LogP contribution in [0.1, 0.15) is 34.5 Å². The van der Waals surface area contributed by atoms with Crippen molar-refractivity contribution in [2.75, 3.05) is 0 Å². The van der Waals surface area contributed by atoms with Gasteiger partial charge in [-0.25, -0.2) is 4.39 Å². The van der Waals surface area contributed by atoms with Crippen molar-refractivity contribution in [1.82, 2.24) is 9.59 Å². The van der Waals surface area contributed by atoms with Gasteiger partial charge in [0.15, 0.2) is 5.76 Å². The lowest BCUT2D eigenvalue weighted by atomic mass is 10.1. The maximum Gasteiger partial charge on any atom is 0.241 e. The van der Waals surface area contributed by atoms with Crippen LogP contribution in [0.2, 0.25) is 0 Å². The minimum atomic E-state index is -0.358. The minimum absolute atomic E-state index is 0.189. The summed E-state index contributed by atoms with van der Waals surface area (Å²) < 4.78 is 22.4. The molecule has 0 spiro atoms. The van der Waals surface area contributed by atoms with Crippen molar-refractivity contribution in [3.8, 4) is 0 Å². The number of furan rings is 1. The average Bonchev–Trinajstić information content (AvgIpc) is 3.04.